The van der Waals surface area contributed by atoms with Gasteiger partial charge in [0.1, 0.15) is 11.6 Å². The summed E-state index contributed by atoms with van der Waals surface area (Å²) in [7, 11) is 0. The lowest BCUT2D eigenvalue weighted by Gasteiger charge is -2.11. The summed E-state index contributed by atoms with van der Waals surface area (Å²) in [6.45, 7) is 4.46. The molecular formula is C17H15N7OS. The van der Waals surface area contributed by atoms with Crippen molar-refractivity contribution in [2.45, 2.75) is 26.3 Å². The van der Waals surface area contributed by atoms with Crippen molar-refractivity contribution in [1.82, 2.24) is 29.4 Å². The molecule has 130 valence electrons. The van der Waals surface area contributed by atoms with Gasteiger partial charge in [0.2, 0.25) is 0 Å². The first-order valence-electron chi connectivity index (χ1n) is 8.02. The standard InChI is InChI=1S/C17H15N7OS/c1-10(2)14-15(22-16-11(3-18)4-21-24(16)17(14)25)12-5-20-23(6-12)7-13-8-26-9-19-13/h4-6,8-10,22H,7H2,1-2H3. The summed E-state index contributed by atoms with van der Waals surface area (Å²) in [6, 6.07) is 2.06. The third-order valence-electron chi connectivity index (χ3n) is 4.13. The number of nitriles is 1. The zero-order valence-corrected chi connectivity index (χ0v) is 15.0. The molecule has 0 unspecified atom stereocenters. The normalized spacial score (nSPS) is 11.3. The van der Waals surface area contributed by atoms with Gasteiger partial charge >= 0.3 is 0 Å². The first-order valence-corrected chi connectivity index (χ1v) is 8.96. The number of hydrogen-bond donors (Lipinski definition) is 1. The molecule has 4 rings (SSSR count). The van der Waals surface area contributed by atoms with Gasteiger partial charge in [0.15, 0.2) is 5.65 Å². The fourth-order valence-electron chi connectivity index (χ4n) is 2.94. The second-order valence-electron chi connectivity index (χ2n) is 6.21. The van der Waals surface area contributed by atoms with Crippen LogP contribution in [0.4, 0.5) is 0 Å². The maximum atomic E-state index is 12.9. The Morgan fingerprint density at radius 2 is 2.19 bits per heavy atom. The topological polar surface area (TPSA) is 105 Å². The molecule has 0 fully saturated rings. The van der Waals surface area contributed by atoms with Gasteiger partial charge in [0.25, 0.3) is 5.56 Å². The molecule has 26 heavy (non-hydrogen) atoms. The van der Waals surface area contributed by atoms with Gasteiger partial charge < -0.3 is 4.98 Å². The molecule has 0 amide bonds. The van der Waals surface area contributed by atoms with E-state index in [1.54, 1.807) is 16.4 Å². The number of H-pyrrole nitrogens is 1. The zero-order chi connectivity index (χ0) is 18.3. The number of hydrogen-bond acceptors (Lipinski definition) is 6. The van der Waals surface area contributed by atoms with Gasteiger partial charge in [-0.2, -0.15) is 20.0 Å². The van der Waals surface area contributed by atoms with Crippen molar-refractivity contribution in [2.24, 2.45) is 0 Å². The van der Waals surface area contributed by atoms with Gasteiger partial charge in [0.05, 0.1) is 35.8 Å². The van der Waals surface area contributed by atoms with Crippen molar-refractivity contribution in [1.29, 1.82) is 5.26 Å². The van der Waals surface area contributed by atoms with Crippen molar-refractivity contribution in [3.63, 3.8) is 0 Å². The van der Waals surface area contributed by atoms with Crippen LogP contribution in [0.1, 0.15) is 36.6 Å². The monoisotopic (exact) mass is 365 g/mol. The fourth-order valence-corrected chi connectivity index (χ4v) is 3.48. The molecule has 4 aromatic heterocycles. The molecule has 0 aromatic carbocycles. The molecule has 8 nitrogen and oxygen atoms in total. The first-order chi connectivity index (χ1) is 12.6. The second kappa shape index (κ2) is 6.24. The fraction of sp³-hybridized carbons (Fsp3) is 0.235. The Labute approximate surface area is 152 Å². The quantitative estimate of drug-likeness (QED) is 0.598. The Hall–Kier alpha value is -3.25. The highest BCUT2D eigenvalue weighted by Crippen LogP contribution is 2.26. The largest absolute Gasteiger partial charge is 0.338 e. The molecule has 4 heterocycles. The van der Waals surface area contributed by atoms with Gasteiger partial charge in [-0.3, -0.25) is 9.48 Å². The van der Waals surface area contributed by atoms with Gasteiger partial charge in [0, 0.05) is 22.7 Å². The molecule has 0 saturated heterocycles. The molecule has 0 atom stereocenters. The second-order valence-corrected chi connectivity index (χ2v) is 6.93. The van der Waals surface area contributed by atoms with Crippen LogP contribution in [0.2, 0.25) is 0 Å². The SMILES string of the molecule is CC(C)c1c(-c2cnn(Cc3cscn3)c2)[nH]c2c(C#N)cnn2c1=O. The van der Waals surface area contributed by atoms with Crippen molar-refractivity contribution in [2.75, 3.05) is 0 Å². The van der Waals surface area contributed by atoms with E-state index in [4.69, 9.17) is 0 Å². The van der Waals surface area contributed by atoms with Crippen LogP contribution in [0.25, 0.3) is 16.9 Å². The number of aromatic amines is 1. The minimum atomic E-state index is -0.225. The molecule has 0 saturated carbocycles. The molecule has 9 heteroatoms. The molecule has 0 aliphatic rings. The van der Waals surface area contributed by atoms with Crippen molar-refractivity contribution >= 4 is 17.0 Å². The number of aromatic nitrogens is 6. The lowest BCUT2D eigenvalue weighted by Crippen LogP contribution is -2.22. The van der Waals surface area contributed by atoms with Crippen LogP contribution in [-0.2, 0) is 6.54 Å². The molecule has 4 aromatic rings. The van der Waals surface area contributed by atoms with Crippen LogP contribution in [0.5, 0.6) is 0 Å². The number of nitrogens with one attached hydrogen (secondary N) is 1. The smallest absolute Gasteiger partial charge is 0.278 e. The van der Waals surface area contributed by atoms with E-state index in [1.165, 1.54) is 22.0 Å². The predicted octanol–water partition coefficient (Wildman–Crippen LogP) is 2.39. The van der Waals surface area contributed by atoms with E-state index in [-0.39, 0.29) is 11.5 Å². The summed E-state index contributed by atoms with van der Waals surface area (Å²) >= 11 is 1.54. The average molecular weight is 365 g/mol. The molecule has 1 N–H and O–H groups in total. The van der Waals surface area contributed by atoms with E-state index in [0.29, 0.717) is 29.0 Å². The van der Waals surface area contributed by atoms with Crippen LogP contribution in [0.3, 0.4) is 0 Å². The molecular weight excluding hydrogens is 350 g/mol. The van der Waals surface area contributed by atoms with E-state index >= 15 is 0 Å². The van der Waals surface area contributed by atoms with Crippen LogP contribution in [0.15, 0.2) is 34.3 Å². The Morgan fingerprint density at radius 1 is 1.35 bits per heavy atom. The Balaban J connectivity index is 1.87. The van der Waals surface area contributed by atoms with Crippen molar-refractivity contribution in [3.05, 3.63) is 56.7 Å². The van der Waals surface area contributed by atoms with E-state index in [2.05, 4.69) is 26.2 Å². The molecule has 0 aliphatic heterocycles. The Morgan fingerprint density at radius 3 is 2.88 bits per heavy atom. The third kappa shape index (κ3) is 2.60. The van der Waals surface area contributed by atoms with E-state index < -0.39 is 0 Å². The summed E-state index contributed by atoms with van der Waals surface area (Å²) < 4.78 is 3.02. The molecule has 0 radical (unpaired) electrons. The number of thiazole rings is 1. The van der Waals surface area contributed by atoms with Gasteiger partial charge in [-0.25, -0.2) is 4.98 Å². The third-order valence-corrected chi connectivity index (χ3v) is 4.77. The van der Waals surface area contributed by atoms with E-state index in [0.717, 1.165) is 11.3 Å². The highest BCUT2D eigenvalue weighted by molar-refractivity contribution is 7.07. The number of fused-ring (bicyclic) bond motifs is 1. The predicted molar refractivity (Wildman–Crippen MR) is 97.1 cm³/mol. The summed E-state index contributed by atoms with van der Waals surface area (Å²) in [5.74, 6) is -0.0187. The zero-order valence-electron chi connectivity index (χ0n) is 14.2. The number of rotatable bonds is 4. The molecule has 0 spiro atoms. The number of nitrogens with zero attached hydrogens (tertiary/aromatic N) is 6. The Kier molecular flexibility index (Phi) is 3.89. The maximum Gasteiger partial charge on any atom is 0.278 e. The van der Waals surface area contributed by atoms with Gasteiger partial charge in [-0.05, 0) is 5.92 Å². The van der Waals surface area contributed by atoms with Crippen molar-refractivity contribution in [3.8, 4) is 17.3 Å². The minimum Gasteiger partial charge on any atom is -0.338 e. The van der Waals surface area contributed by atoms with Crippen molar-refractivity contribution < 1.29 is 0 Å². The summed E-state index contributed by atoms with van der Waals surface area (Å²) in [4.78, 5) is 20.4. The highest BCUT2D eigenvalue weighted by Gasteiger charge is 2.20. The summed E-state index contributed by atoms with van der Waals surface area (Å²) in [5, 5.41) is 19.7. The van der Waals surface area contributed by atoms with Crippen LogP contribution >= 0.6 is 11.3 Å². The average Bonchev–Trinajstić information content (AvgIpc) is 3.34. The van der Waals surface area contributed by atoms with E-state index in [9.17, 15) is 10.1 Å². The summed E-state index contributed by atoms with van der Waals surface area (Å²) in [6.07, 6.45) is 4.98. The summed E-state index contributed by atoms with van der Waals surface area (Å²) in [5.41, 5.74) is 5.27. The van der Waals surface area contributed by atoms with E-state index in [1.807, 2.05) is 25.4 Å². The van der Waals surface area contributed by atoms with Crippen LogP contribution in [-0.4, -0.2) is 29.4 Å². The highest BCUT2D eigenvalue weighted by atomic mass is 32.1. The maximum absolute atomic E-state index is 12.9. The lowest BCUT2D eigenvalue weighted by molar-refractivity contribution is 0.676. The Bertz CT molecular complexity index is 1170. The van der Waals surface area contributed by atoms with Gasteiger partial charge in [-0.15, -0.1) is 11.3 Å². The van der Waals surface area contributed by atoms with Gasteiger partial charge in [-0.1, -0.05) is 13.8 Å². The minimum absolute atomic E-state index is 0.0187. The molecule has 0 bridgehead atoms. The van der Waals surface area contributed by atoms with Crippen LogP contribution in [0, 0.1) is 11.3 Å². The first kappa shape index (κ1) is 16.2. The lowest BCUT2D eigenvalue weighted by atomic mass is 10.00. The molecule has 0 aliphatic carbocycles. The van der Waals surface area contributed by atoms with Crippen LogP contribution < -0.4 is 5.56 Å².